The molecule has 0 aliphatic carbocycles. The van der Waals surface area contributed by atoms with Crippen LogP contribution in [0.25, 0.3) is 0 Å². The summed E-state index contributed by atoms with van der Waals surface area (Å²) >= 11 is 6.18. The van der Waals surface area contributed by atoms with E-state index in [1.807, 2.05) is 30.0 Å². The summed E-state index contributed by atoms with van der Waals surface area (Å²) in [5.41, 5.74) is 6.94. The Balaban J connectivity index is 0.00000243. The van der Waals surface area contributed by atoms with E-state index in [0.717, 1.165) is 12.0 Å². The maximum absolute atomic E-state index is 12.8. The van der Waals surface area contributed by atoms with Crippen molar-refractivity contribution in [3.05, 3.63) is 69.1 Å². The van der Waals surface area contributed by atoms with Gasteiger partial charge in [-0.3, -0.25) is 9.59 Å². The maximum Gasteiger partial charge on any atom is 0.255 e. The highest BCUT2D eigenvalue weighted by Gasteiger charge is 2.32. The zero-order chi connectivity index (χ0) is 18.0. The number of amides is 1. The highest BCUT2D eigenvalue weighted by atomic mass is 35.5. The van der Waals surface area contributed by atoms with Crippen LogP contribution in [0.2, 0.25) is 5.02 Å². The van der Waals surface area contributed by atoms with E-state index in [9.17, 15) is 9.59 Å². The van der Waals surface area contributed by atoms with Crippen molar-refractivity contribution in [2.75, 3.05) is 13.1 Å². The van der Waals surface area contributed by atoms with Gasteiger partial charge in [-0.1, -0.05) is 29.8 Å². The second-order valence-electron chi connectivity index (χ2n) is 6.62. The molecule has 0 bridgehead atoms. The van der Waals surface area contributed by atoms with Crippen LogP contribution in [0.15, 0.2) is 47.4 Å². The molecule has 2 N–H and O–H groups in total. The Morgan fingerprint density at radius 2 is 2.00 bits per heavy atom. The highest BCUT2D eigenvalue weighted by molar-refractivity contribution is 6.31. The molecule has 7 heteroatoms. The number of nitrogens with zero attached hydrogens (tertiary/aromatic N) is 2. The number of hydrogen-bond donors (Lipinski definition) is 1. The number of hydrogen-bond acceptors (Lipinski definition) is 3. The van der Waals surface area contributed by atoms with Gasteiger partial charge < -0.3 is 15.2 Å². The number of benzene rings is 1. The fourth-order valence-electron chi connectivity index (χ4n) is 3.35. The lowest BCUT2D eigenvalue weighted by Gasteiger charge is -2.22. The molecule has 0 saturated carbocycles. The molecule has 26 heavy (non-hydrogen) atoms. The molecule has 140 valence electrons. The monoisotopic (exact) mass is 395 g/mol. The van der Waals surface area contributed by atoms with Crippen molar-refractivity contribution in [2.45, 2.75) is 25.9 Å². The van der Waals surface area contributed by atoms with E-state index < -0.39 is 0 Å². The van der Waals surface area contributed by atoms with Crippen LogP contribution in [-0.2, 0) is 6.54 Å². The van der Waals surface area contributed by atoms with Crippen LogP contribution in [0.5, 0.6) is 0 Å². The van der Waals surface area contributed by atoms with E-state index in [1.165, 1.54) is 10.6 Å². The maximum atomic E-state index is 12.8. The molecule has 1 aliphatic rings. The standard InChI is InChI=1S/C19H22ClN3O2.ClH/c1-13-8-14(9-21)10-23(13)19(25)16-6-7-18(24)22(12-16)11-15-4-2-3-5-17(15)20;/h2-7,12-14H,8-11,21H2,1H3;1H. The van der Waals surface area contributed by atoms with E-state index in [2.05, 4.69) is 0 Å². The van der Waals surface area contributed by atoms with Crippen LogP contribution >= 0.6 is 24.0 Å². The van der Waals surface area contributed by atoms with E-state index in [4.69, 9.17) is 17.3 Å². The van der Waals surface area contributed by atoms with Gasteiger partial charge in [0.2, 0.25) is 0 Å². The molecule has 1 fully saturated rings. The summed E-state index contributed by atoms with van der Waals surface area (Å²) in [7, 11) is 0. The summed E-state index contributed by atoms with van der Waals surface area (Å²) in [5, 5.41) is 0.602. The van der Waals surface area contributed by atoms with E-state index >= 15 is 0 Å². The summed E-state index contributed by atoms with van der Waals surface area (Å²) in [5.74, 6) is 0.282. The van der Waals surface area contributed by atoms with Gasteiger partial charge in [0.1, 0.15) is 0 Å². The van der Waals surface area contributed by atoms with Gasteiger partial charge in [-0.2, -0.15) is 0 Å². The van der Waals surface area contributed by atoms with Crippen molar-refractivity contribution >= 4 is 29.9 Å². The number of rotatable bonds is 4. The first-order valence-corrected chi connectivity index (χ1v) is 8.82. The lowest BCUT2D eigenvalue weighted by molar-refractivity contribution is 0.0742. The lowest BCUT2D eigenvalue weighted by atomic mass is 10.1. The smallest absolute Gasteiger partial charge is 0.255 e. The van der Waals surface area contributed by atoms with Crippen LogP contribution in [0.1, 0.15) is 29.3 Å². The van der Waals surface area contributed by atoms with Crippen molar-refractivity contribution in [2.24, 2.45) is 11.7 Å². The van der Waals surface area contributed by atoms with Crippen LogP contribution in [0, 0.1) is 5.92 Å². The predicted molar refractivity (Wildman–Crippen MR) is 106 cm³/mol. The molecule has 0 spiro atoms. The van der Waals surface area contributed by atoms with E-state index in [0.29, 0.717) is 36.1 Å². The van der Waals surface area contributed by atoms with Gasteiger partial charge in [-0.25, -0.2) is 0 Å². The first kappa shape index (κ1) is 20.5. The second kappa shape index (κ2) is 8.71. The minimum Gasteiger partial charge on any atom is -0.336 e. The molecule has 2 aromatic rings. The van der Waals surface area contributed by atoms with Crippen LogP contribution in [0.3, 0.4) is 0 Å². The van der Waals surface area contributed by atoms with Crippen molar-refractivity contribution in [3.63, 3.8) is 0 Å². The van der Waals surface area contributed by atoms with Crippen molar-refractivity contribution < 1.29 is 4.79 Å². The molecule has 3 rings (SSSR count). The first-order valence-electron chi connectivity index (χ1n) is 8.44. The number of carbonyl (C=O) groups excluding carboxylic acids is 1. The van der Waals surface area contributed by atoms with Gasteiger partial charge in [-0.15, -0.1) is 12.4 Å². The molecular weight excluding hydrogens is 373 g/mol. The van der Waals surface area contributed by atoms with Crippen molar-refractivity contribution in [1.29, 1.82) is 0 Å². The Hall–Kier alpha value is -1.82. The van der Waals surface area contributed by atoms with Crippen molar-refractivity contribution in [3.8, 4) is 0 Å². The fourth-order valence-corrected chi connectivity index (χ4v) is 3.55. The summed E-state index contributed by atoms with van der Waals surface area (Å²) in [6, 6.07) is 10.6. The predicted octanol–water partition coefficient (Wildman–Crippen LogP) is 2.78. The third kappa shape index (κ3) is 4.29. The van der Waals surface area contributed by atoms with Gasteiger partial charge in [0.15, 0.2) is 0 Å². The number of pyridine rings is 1. The molecule has 1 aliphatic heterocycles. The Labute approximate surface area is 164 Å². The average Bonchev–Trinajstić information content (AvgIpc) is 2.99. The molecule has 1 amide bonds. The largest absolute Gasteiger partial charge is 0.336 e. The number of nitrogens with two attached hydrogens (primary N) is 1. The Morgan fingerprint density at radius 3 is 2.65 bits per heavy atom. The topological polar surface area (TPSA) is 68.3 Å². The molecule has 0 radical (unpaired) electrons. The van der Waals surface area contributed by atoms with Gasteiger partial charge in [0, 0.05) is 29.9 Å². The molecule has 1 aromatic carbocycles. The van der Waals surface area contributed by atoms with Crippen LogP contribution in [0.4, 0.5) is 0 Å². The molecule has 2 atom stereocenters. The molecule has 2 heterocycles. The fraction of sp³-hybridized carbons (Fsp3) is 0.368. The quantitative estimate of drug-likeness (QED) is 0.864. The minimum absolute atomic E-state index is 0. The second-order valence-corrected chi connectivity index (χ2v) is 7.03. The van der Waals surface area contributed by atoms with Crippen molar-refractivity contribution in [1.82, 2.24) is 9.47 Å². The number of aromatic nitrogens is 1. The Bertz CT molecular complexity index is 838. The molecule has 1 aromatic heterocycles. The third-order valence-electron chi connectivity index (χ3n) is 4.78. The van der Waals surface area contributed by atoms with Gasteiger partial charge in [0.05, 0.1) is 12.1 Å². The van der Waals surface area contributed by atoms with Gasteiger partial charge in [-0.05, 0) is 43.5 Å². The zero-order valence-electron chi connectivity index (χ0n) is 14.6. The summed E-state index contributed by atoms with van der Waals surface area (Å²) < 4.78 is 1.52. The first-order chi connectivity index (χ1) is 12.0. The molecular formula is C19H23Cl2N3O2. The summed E-state index contributed by atoms with van der Waals surface area (Å²) in [6.45, 7) is 3.62. The van der Waals surface area contributed by atoms with Crippen LogP contribution in [-0.4, -0.2) is 34.5 Å². The average molecular weight is 396 g/mol. The lowest BCUT2D eigenvalue weighted by Crippen LogP contribution is -2.35. The number of likely N-dealkylation sites (tertiary alicyclic amines) is 1. The minimum atomic E-state index is -0.161. The Kier molecular flexibility index (Phi) is 6.87. The summed E-state index contributed by atoms with van der Waals surface area (Å²) in [6.07, 6.45) is 2.54. The SMILES string of the molecule is CC1CC(CN)CN1C(=O)c1ccc(=O)n(Cc2ccccc2Cl)c1.Cl. The van der Waals surface area contributed by atoms with Crippen LogP contribution < -0.4 is 11.3 Å². The highest BCUT2D eigenvalue weighted by Crippen LogP contribution is 2.24. The molecule has 5 nitrogen and oxygen atoms in total. The normalized spacial score (nSPS) is 19.3. The van der Waals surface area contributed by atoms with E-state index in [-0.39, 0.29) is 29.9 Å². The molecule has 1 saturated heterocycles. The van der Waals surface area contributed by atoms with E-state index in [1.54, 1.807) is 18.3 Å². The molecule has 2 unspecified atom stereocenters. The number of carbonyl (C=O) groups is 1. The number of halogens is 2. The zero-order valence-corrected chi connectivity index (χ0v) is 16.2. The van der Waals surface area contributed by atoms with Gasteiger partial charge in [0.25, 0.3) is 11.5 Å². The van der Waals surface area contributed by atoms with Gasteiger partial charge >= 0.3 is 0 Å². The summed E-state index contributed by atoms with van der Waals surface area (Å²) in [4.78, 5) is 26.9. The third-order valence-corrected chi connectivity index (χ3v) is 5.15. The Morgan fingerprint density at radius 1 is 1.27 bits per heavy atom.